The lowest BCUT2D eigenvalue weighted by Crippen LogP contribution is -2.42. The SMILES string of the molecule is CCOc1ccccc1NC(=O)CN1C(=O)N[C@@](C)(c2ccc(-n3cnnn3)cc2)C1=O. The minimum Gasteiger partial charge on any atom is -0.492 e. The Bertz CT molecular complexity index is 1150. The van der Waals surface area contributed by atoms with Gasteiger partial charge in [-0.1, -0.05) is 24.3 Å². The van der Waals surface area contributed by atoms with Gasteiger partial charge in [0.25, 0.3) is 5.91 Å². The number of nitrogens with zero attached hydrogens (tertiary/aromatic N) is 5. The molecule has 0 aliphatic carbocycles. The quantitative estimate of drug-likeness (QED) is 0.537. The Hall–Kier alpha value is -4.28. The van der Waals surface area contributed by atoms with E-state index in [1.165, 1.54) is 11.0 Å². The molecule has 0 bridgehead atoms. The van der Waals surface area contributed by atoms with Gasteiger partial charge in [0.2, 0.25) is 5.91 Å². The number of rotatable bonds is 7. The molecule has 4 amide bonds. The largest absolute Gasteiger partial charge is 0.492 e. The fraction of sp³-hybridized carbons (Fsp3) is 0.238. The van der Waals surface area contributed by atoms with Gasteiger partial charge in [-0.3, -0.25) is 14.5 Å². The first kappa shape index (κ1) is 21.0. The molecular formula is C21H21N7O4. The van der Waals surface area contributed by atoms with Crippen molar-refractivity contribution in [2.24, 2.45) is 0 Å². The lowest BCUT2D eigenvalue weighted by molar-refractivity contribution is -0.133. The van der Waals surface area contributed by atoms with Gasteiger partial charge in [-0.15, -0.1) is 5.10 Å². The second-order valence-corrected chi connectivity index (χ2v) is 7.23. The molecule has 3 aromatic rings. The molecule has 11 heteroatoms. The van der Waals surface area contributed by atoms with Crippen LogP contribution in [0.25, 0.3) is 5.69 Å². The van der Waals surface area contributed by atoms with E-state index in [9.17, 15) is 14.4 Å². The summed E-state index contributed by atoms with van der Waals surface area (Å²) in [6, 6.07) is 13.2. The van der Waals surface area contributed by atoms with Gasteiger partial charge >= 0.3 is 6.03 Å². The number of imide groups is 1. The molecule has 1 aliphatic rings. The molecule has 1 fully saturated rings. The summed E-state index contributed by atoms with van der Waals surface area (Å²) < 4.78 is 6.96. The van der Waals surface area contributed by atoms with E-state index in [1.807, 2.05) is 6.92 Å². The van der Waals surface area contributed by atoms with Crippen molar-refractivity contribution < 1.29 is 19.1 Å². The Morgan fingerprint density at radius 3 is 2.59 bits per heavy atom. The lowest BCUT2D eigenvalue weighted by Gasteiger charge is -2.22. The highest BCUT2D eigenvalue weighted by Crippen LogP contribution is 2.30. The molecule has 0 spiro atoms. The first-order valence-corrected chi connectivity index (χ1v) is 9.92. The van der Waals surface area contributed by atoms with Crippen LogP contribution in [0, 0.1) is 0 Å². The van der Waals surface area contributed by atoms with Crippen molar-refractivity contribution in [1.29, 1.82) is 0 Å². The minimum atomic E-state index is -1.31. The zero-order valence-corrected chi connectivity index (χ0v) is 17.5. The molecule has 2 N–H and O–H groups in total. The fourth-order valence-corrected chi connectivity index (χ4v) is 3.45. The average Bonchev–Trinajstić information content (AvgIpc) is 3.40. The molecular weight excluding hydrogens is 414 g/mol. The number of hydrogen-bond donors (Lipinski definition) is 2. The topological polar surface area (TPSA) is 131 Å². The summed E-state index contributed by atoms with van der Waals surface area (Å²) in [4.78, 5) is 39.1. The Morgan fingerprint density at radius 2 is 1.91 bits per heavy atom. The maximum atomic E-state index is 13.1. The molecule has 1 saturated heterocycles. The number of carbonyl (C=O) groups is 3. The van der Waals surface area contributed by atoms with Crippen LogP contribution in [0.3, 0.4) is 0 Å². The number of urea groups is 1. The Morgan fingerprint density at radius 1 is 1.16 bits per heavy atom. The van der Waals surface area contributed by atoms with Crippen molar-refractivity contribution in [3.8, 4) is 11.4 Å². The van der Waals surface area contributed by atoms with Crippen molar-refractivity contribution in [2.45, 2.75) is 19.4 Å². The monoisotopic (exact) mass is 435 g/mol. The van der Waals surface area contributed by atoms with Crippen molar-refractivity contribution in [3.63, 3.8) is 0 Å². The van der Waals surface area contributed by atoms with Crippen LogP contribution < -0.4 is 15.4 Å². The highest BCUT2D eigenvalue weighted by Gasteiger charge is 2.49. The molecule has 32 heavy (non-hydrogen) atoms. The van der Waals surface area contributed by atoms with Gasteiger partial charge in [-0.2, -0.15) is 0 Å². The summed E-state index contributed by atoms with van der Waals surface area (Å²) in [7, 11) is 0. The van der Waals surface area contributed by atoms with Crippen molar-refractivity contribution >= 4 is 23.5 Å². The van der Waals surface area contributed by atoms with E-state index >= 15 is 0 Å². The van der Waals surface area contributed by atoms with Gasteiger partial charge in [0.15, 0.2) is 0 Å². The highest BCUT2D eigenvalue weighted by molar-refractivity contribution is 6.10. The molecule has 11 nitrogen and oxygen atoms in total. The third kappa shape index (κ3) is 3.87. The summed E-state index contributed by atoms with van der Waals surface area (Å²) in [5.74, 6) is -0.530. The van der Waals surface area contributed by atoms with Crippen molar-refractivity contribution in [1.82, 2.24) is 30.4 Å². The number of carbonyl (C=O) groups excluding carboxylic acids is 3. The predicted octanol–water partition coefficient (Wildman–Crippen LogP) is 1.47. The molecule has 1 aliphatic heterocycles. The van der Waals surface area contributed by atoms with Gasteiger partial charge in [0.05, 0.1) is 18.0 Å². The van der Waals surface area contributed by atoms with E-state index in [0.717, 1.165) is 4.90 Å². The van der Waals surface area contributed by atoms with Gasteiger partial charge in [0, 0.05) is 0 Å². The molecule has 4 rings (SSSR count). The van der Waals surface area contributed by atoms with Crippen LogP contribution >= 0.6 is 0 Å². The molecule has 1 atom stereocenters. The summed E-state index contributed by atoms with van der Waals surface area (Å²) in [6.45, 7) is 3.44. The number of hydrogen-bond acceptors (Lipinski definition) is 7. The van der Waals surface area contributed by atoms with Crippen LogP contribution in [0.4, 0.5) is 10.5 Å². The van der Waals surface area contributed by atoms with Crippen molar-refractivity contribution in [2.75, 3.05) is 18.5 Å². The maximum Gasteiger partial charge on any atom is 0.325 e. The van der Waals surface area contributed by atoms with Crippen LogP contribution in [0.5, 0.6) is 5.75 Å². The van der Waals surface area contributed by atoms with E-state index in [1.54, 1.807) is 55.5 Å². The summed E-state index contributed by atoms with van der Waals surface area (Å²) in [5.41, 5.74) is 0.424. The lowest BCUT2D eigenvalue weighted by atomic mass is 9.92. The molecule has 2 heterocycles. The smallest absolute Gasteiger partial charge is 0.325 e. The first-order chi connectivity index (χ1) is 15.4. The van der Waals surface area contributed by atoms with Crippen LogP contribution in [0.1, 0.15) is 19.4 Å². The normalized spacial score (nSPS) is 17.9. The number of aromatic nitrogens is 4. The molecule has 0 radical (unpaired) electrons. The highest BCUT2D eigenvalue weighted by atomic mass is 16.5. The number of anilines is 1. The number of nitrogens with one attached hydrogen (secondary N) is 2. The first-order valence-electron chi connectivity index (χ1n) is 9.92. The van der Waals surface area contributed by atoms with E-state index in [-0.39, 0.29) is 0 Å². The van der Waals surface area contributed by atoms with Crippen LogP contribution in [0.2, 0.25) is 0 Å². The number of tetrazole rings is 1. The minimum absolute atomic E-state index is 0.427. The molecule has 164 valence electrons. The van der Waals surface area contributed by atoms with Crippen molar-refractivity contribution in [3.05, 3.63) is 60.4 Å². The van der Waals surface area contributed by atoms with Gasteiger partial charge in [-0.25, -0.2) is 9.48 Å². The van der Waals surface area contributed by atoms with Crippen LogP contribution in [0.15, 0.2) is 54.9 Å². The van der Waals surface area contributed by atoms with Gasteiger partial charge < -0.3 is 15.4 Å². The van der Waals surface area contributed by atoms with Gasteiger partial charge in [0.1, 0.15) is 24.2 Å². The summed E-state index contributed by atoms with van der Waals surface area (Å²) in [5, 5.41) is 16.4. The maximum absolute atomic E-state index is 13.1. The third-order valence-corrected chi connectivity index (χ3v) is 5.10. The predicted molar refractivity (Wildman–Crippen MR) is 113 cm³/mol. The number of ether oxygens (including phenoxy) is 1. The van der Waals surface area contributed by atoms with E-state index in [0.29, 0.717) is 29.3 Å². The number of benzene rings is 2. The number of para-hydroxylation sites is 2. The fourth-order valence-electron chi connectivity index (χ4n) is 3.45. The summed E-state index contributed by atoms with van der Waals surface area (Å²) in [6.07, 6.45) is 1.45. The molecule has 1 aromatic heterocycles. The zero-order chi connectivity index (χ0) is 22.7. The van der Waals surface area contributed by atoms with E-state index in [2.05, 4.69) is 26.2 Å². The van der Waals surface area contributed by atoms with Gasteiger partial charge in [-0.05, 0) is 54.1 Å². The molecule has 0 unspecified atom stereocenters. The summed E-state index contributed by atoms with van der Waals surface area (Å²) >= 11 is 0. The second kappa shape index (κ2) is 8.46. The average molecular weight is 435 g/mol. The van der Waals surface area contributed by atoms with E-state index < -0.39 is 29.9 Å². The van der Waals surface area contributed by atoms with Crippen LogP contribution in [-0.2, 0) is 15.1 Å². The molecule has 2 aromatic carbocycles. The Kier molecular flexibility index (Phi) is 5.54. The van der Waals surface area contributed by atoms with E-state index in [4.69, 9.17) is 4.74 Å². The Balaban J connectivity index is 1.48. The zero-order valence-electron chi connectivity index (χ0n) is 17.5. The molecule has 0 saturated carbocycles. The third-order valence-electron chi connectivity index (χ3n) is 5.10. The van der Waals surface area contributed by atoms with Crippen LogP contribution in [-0.4, -0.2) is 56.1 Å². The number of amides is 4. The second-order valence-electron chi connectivity index (χ2n) is 7.23. The Labute approximate surface area is 183 Å². The standard InChI is InChI=1S/C21H21N7O4/c1-3-32-17-7-5-4-6-16(17)23-18(29)12-27-19(30)21(2,24-20(27)31)14-8-10-15(11-9-14)28-13-22-25-26-28/h4-11,13H,3,12H2,1-2H3,(H,23,29)(H,24,31)/t21-/m0/s1.